The standard InChI is InChI=1S/C11H18N4O2/c1-7(2)8(5-6-16)13-10-4-3-9(11(12)17)14-15-10/h3-4,7-8,16H,5-6H2,1-2H3,(H2,12,17)(H,13,15). The van der Waals surface area contributed by atoms with Crippen molar-refractivity contribution >= 4 is 11.7 Å². The number of nitrogens with one attached hydrogen (secondary N) is 1. The molecule has 1 unspecified atom stereocenters. The third-order valence-electron chi connectivity index (χ3n) is 2.50. The lowest BCUT2D eigenvalue weighted by atomic mass is 10.0. The van der Waals surface area contributed by atoms with Gasteiger partial charge in [0.2, 0.25) is 0 Å². The van der Waals surface area contributed by atoms with Crippen LogP contribution in [0.1, 0.15) is 30.8 Å². The van der Waals surface area contributed by atoms with E-state index in [-0.39, 0.29) is 18.3 Å². The molecule has 1 aromatic heterocycles. The van der Waals surface area contributed by atoms with Gasteiger partial charge in [-0.15, -0.1) is 10.2 Å². The van der Waals surface area contributed by atoms with Gasteiger partial charge in [-0.2, -0.15) is 0 Å². The van der Waals surface area contributed by atoms with Crippen LogP contribution in [0.4, 0.5) is 5.82 Å². The van der Waals surface area contributed by atoms with E-state index in [0.717, 1.165) is 0 Å². The molecule has 0 spiro atoms. The van der Waals surface area contributed by atoms with Gasteiger partial charge in [0.1, 0.15) is 5.82 Å². The van der Waals surface area contributed by atoms with E-state index >= 15 is 0 Å². The average molecular weight is 238 g/mol. The molecule has 1 amide bonds. The van der Waals surface area contributed by atoms with Crippen LogP contribution in [0.3, 0.4) is 0 Å². The van der Waals surface area contributed by atoms with Crippen LogP contribution < -0.4 is 11.1 Å². The summed E-state index contributed by atoms with van der Waals surface area (Å²) < 4.78 is 0. The van der Waals surface area contributed by atoms with E-state index in [4.69, 9.17) is 10.8 Å². The minimum atomic E-state index is -0.597. The van der Waals surface area contributed by atoms with Crippen molar-refractivity contribution in [2.75, 3.05) is 11.9 Å². The topological polar surface area (TPSA) is 101 Å². The first-order valence-electron chi connectivity index (χ1n) is 5.55. The van der Waals surface area contributed by atoms with Crippen LogP contribution in [0, 0.1) is 5.92 Å². The fraction of sp³-hybridized carbons (Fsp3) is 0.545. The zero-order valence-electron chi connectivity index (χ0n) is 10.1. The molecule has 17 heavy (non-hydrogen) atoms. The fourth-order valence-electron chi connectivity index (χ4n) is 1.44. The van der Waals surface area contributed by atoms with Gasteiger partial charge in [0.05, 0.1) is 0 Å². The number of aliphatic hydroxyl groups is 1. The molecule has 0 aliphatic carbocycles. The molecule has 6 heteroatoms. The molecule has 94 valence electrons. The summed E-state index contributed by atoms with van der Waals surface area (Å²) >= 11 is 0. The first kappa shape index (κ1) is 13.4. The van der Waals surface area contributed by atoms with E-state index in [9.17, 15) is 4.79 Å². The van der Waals surface area contributed by atoms with Crippen LogP contribution in [0.2, 0.25) is 0 Å². The molecule has 0 aliphatic rings. The van der Waals surface area contributed by atoms with Crippen LogP contribution in [0.15, 0.2) is 12.1 Å². The van der Waals surface area contributed by atoms with Crippen LogP contribution in [-0.4, -0.2) is 33.9 Å². The summed E-state index contributed by atoms with van der Waals surface area (Å²) in [4.78, 5) is 10.8. The van der Waals surface area contributed by atoms with E-state index in [1.807, 2.05) is 0 Å². The van der Waals surface area contributed by atoms with Crippen LogP contribution in [-0.2, 0) is 0 Å². The van der Waals surface area contributed by atoms with Crippen molar-refractivity contribution in [3.63, 3.8) is 0 Å². The predicted octanol–water partition coefficient (Wildman–Crippen LogP) is 0.394. The van der Waals surface area contributed by atoms with Crippen molar-refractivity contribution in [3.05, 3.63) is 17.8 Å². The summed E-state index contributed by atoms with van der Waals surface area (Å²) in [6.07, 6.45) is 0.636. The monoisotopic (exact) mass is 238 g/mol. The number of carbonyl (C=O) groups excluding carboxylic acids is 1. The highest BCUT2D eigenvalue weighted by Gasteiger charge is 2.13. The predicted molar refractivity (Wildman–Crippen MR) is 64.5 cm³/mol. The average Bonchev–Trinajstić information content (AvgIpc) is 2.29. The lowest BCUT2D eigenvalue weighted by Gasteiger charge is -2.21. The first-order valence-corrected chi connectivity index (χ1v) is 5.55. The van der Waals surface area contributed by atoms with Gasteiger partial charge in [-0.05, 0) is 24.5 Å². The van der Waals surface area contributed by atoms with Gasteiger partial charge in [0.25, 0.3) is 5.91 Å². The number of carbonyl (C=O) groups is 1. The molecule has 1 rings (SSSR count). The second-order valence-corrected chi connectivity index (χ2v) is 4.18. The van der Waals surface area contributed by atoms with Gasteiger partial charge >= 0.3 is 0 Å². The Morgan fingerprint density at radius 1 is 1.47 bits per heavy atom. The molecule has 0 saturated carbocycles. The lowest BCUT2D eigenvalue weighted by Crippen LogP contribution is -2.27. The number of anilines is 1. The van der Waals surface area contributed by atoms with Crippen molar-refractivity contribution in [1.82, 2.24) is 10.2 Å². The Morgan fingerprint density at radius 2 is 2.18 bits per heavy atom. The number of aromatic nitrogens is 2. The highest BCUT2D eigenvalue weighted by molar-refractivity contribution is 5.90. The van der Waals surface area contributed by atoms with Crippen molar-refractivity contribution in [2.45, 2.75) is 26.3 Å². The summed E-state index contributed by atoms with van der Waals surface area (Å²) in [5.41, 5.74) is 5.20. The molecule has 0 aromatic carbocycles. The van der Waals surface area contributed by atoms with Gasteiger partial charge < -0.3 is 16.2 Å². The smallest absolute Gasteiger partial charge is 0.269 e. The maximum atomic E-state index is 10.8. The molecule has 6 nitrogen and oxygen atoms in total. The Kier molecular flexibility index (Phi) is 4.84. The maximum absolute atomic E-state index is 10.8. The normalized spacial score (nSPS) is 12.5. The Morgan fingerprint density at radius 3 is 2.59 bits per heavy atom. The second-order valence-electron chi connectivity index (χ2n) is 4.18. The Hall–Kier alpha value is -1.69. The number of aliphatic hydroxyl groups excluding tert-OH is 1. The summed E-state index contributed by atoms with van der Waals surface area (Å²) in [6, 6.07) is 3.29. The molecular weight excluding hydrogens is 220 g/mol. The van der Waals surface area contributed by atoms with Gasteiger partial charge in [-0.1, -0.05) is 13.8 Å². The molecule has 1 aromatic rings. The largest absolute Gasteiger partial charge is 0.396 e. The molecule has 0 fully saturated rings. The van der Waals surface area contributed by atoms with Gasteiger partial charge in [0.15, 0.2) is 5.69 Å². The third kappa shape index (κ3) is 3.99. The summed E-state index contributed by atoms with van der Waals surface area (Å²) in [6.45, 7) is 4.22. The minimum absolute atomic E-state index is 0.114. The van der Waals surface area contributed by atoms with Crippen molar-refractivity contribution in [2.24, 2.45) is 11.7 Å². The number of hydrogen-bond acceptors (Lipinski definition) is 5. The molecule has 0 aliphatic heterocycles. The lowest BCUT2D eigenvalue weighted by molar-refractivity contribution is 0.0994. The van der Waals surface area contributed by atoms with Crippen LogP contribution in [0.25, 0.3) is 0 Å². The Balaban J connectivity index is 2.69. The SMILES string of the molecule is CC(C)C(CCO)Nc1ccc(C(N)=O)nn1. The molecule has 1 atom stereocenters. The Bertz CT molecular complexity index is 364. The van der Waals surface area contributed by atoms with Crippen molar-refractivity contribution < 1.29 is 9.90 Å². The zero-order valence-corrected chi connectivity index (χ0v) is 10.1. The highest BCUT2D eigenvalue weighted by Crippen LogP contribution is 2.12. The maximum Gasteiger partial charge on any atom is 0.269 e. The van der Waals surface area contributed by atoms with Crippen molar-refractivity contribution in [1.29, 1.82) is 0 Å². The summed E-state index contributed by atoms with van der Waals surface area (Å²) in [5, 5.41) is 19.7. The number of nitrogens with two attached hydrogens (primary N) is 1. The van der Waals surface area contributed by atoms with Crippen LogP contribution in [0.5, 0.6) is 0 Å². The van der Waals surface area contributed by atoms with E-state index < -0.39 is 5.91 Å². The summed E-state index contributed by atoms with van der Waals surface area (Å²) in [7, 11) is 0. The number of nitrogens with zero attached hydrogens (tertiary/aromatic N) is 2. The van der Waals surface area contributed by atoms with E-state index in [1.165, 1.54) is 6.07 Å². The minimum Gasteiger partial charge on any atom is -0.396 e. The van der Waals surface area contributed by atoms with E-state index in [1.54, 1.807) is 6.07 Å². The number of primary amides is 1. The van der Waals surface area contributed by atoms with Crippen molar-refractivity contribution in [3.8, 4) is 0 Å². The number of hydrogen-bond donors (Lipinski definition) is 3. The highest BCUT2D eigenvalue weighted by atomic mass is 16.3. The number of rotatable bonds is 6. The first-order chi connectivity index (χ1) is 8.04. The Labute approximate surface area is 100 Å². The molecule has 0 radical (unpaired) electrons. The fourth-order valence-corrected chi connectivity index (χ4v) is 1.44. The molecule has 0 bridgehead atoms. The molecule has 1 heterocycles. The zero-order chi connectivity index (χ0) is 12.8. The summed E-state index contributed by atoms with van der Waals surface area (Å²) in [5.74, 6) is 0.335. The van der Waals surface area contributed by atoms with E-state index in [0.29, 0.717) is 18.2 Å². The quantitative estimate of drug-likeness (QED) is 0.665. The van der Waals surface area contributed by atoms with Gasteiger partial charge in [-0.3, -0.25) is 4.79 Å². The third-order valence-corrected chi connectivity index (χ3v) is 2.50. The molecule has 4 N–H and O–H groups in total. The van der Waals surface area contributed by atoms with Crippen LogP contribution >= 0.6 is 0 Å². The molecular formula is C11H18N4O2. The van der Waals surface area contributed by atoms with Gasteiger partial charge in [0, 0.05) is 12.6 Å². The molecule has 0 saturated heterocycles. The van der Waals surface area contributed by atoms with Gasteiger partial charge in [-0.25, -0.2) is 0 Å². The van der Waals surface area contributed by atoms with E-state index in [2.05, 4.69) is 29.4 Å². The second kappa shape index (κ2) is 6.15. The number of amides is 1.